The van der Waals surface area contributed by atoms with Gasteiger partial charge in [0.05, 0.1) is 9.47 Å². The highest BCUT2D eigenvalue weighted by molar-refractivity contribution is 9.11. The maximum Gasteiger partial charge on any atom is 0.0933 e. The summed E-state index contributed by atoms with van der Waals surface area (Å²) in [5.74, 6) is 0. The van der Waals surface area contributed by atoms with Gasteiger partial charge in [0.1, 0.15) is 0 Å². The Labute approximate surface area is 126 Å². The molecule has 3 rings (SSSR count). The smallest absolute Gasteiger partial charge is 0.0933 e. The van der Waals surface area contributed by atoms with Crippen LogP contribution in [-0.4, -0.2) is 18.0 Å². The first-order valence-electron chi connectivity index (χ1n) is 6.56. The van der Waals surface area contributed by atoms with Crippen LogP contribution < -0.4 is 5.73 Å². The van der Waals surface area contributed by atoms with Crippen LogP contribution in [0.2, 0.25) is 0 Å². The van der Waals surface area contributed by atoms with Gasteiger partial charge in [-0.1, -0.05) is 30.3 Å². The number of anilines is 1. The fraction of sp³-hybridized carbons (Fsp3) is 0.333. The fourth-order valence-corrected chi connectivity index (χ4v) is 4.43. The van der Waals surface area contributed by atoms with E-state index in [1.54, 1.807) is 11.3 Å². The Hall–Kier alpha value is -0.840. The van der Waals surface area contributed by atoms with E-state index in [0.717, 1.165) is 41.9 Å². The van der Waals surface area contributed by atoms with Gasteiger partial charge in [-0.15, -0.1) is 11.3 Å². The van der Waals surface area contributed by atoms with E-state index in [4.69, 9.17) is 5.73 Å². The Balaban J connectivity index is 1.63. The van der Waals surface area contributed by atoms with Crippen molar-refractivity contribution >= 4 is 33.0 Å². The molecule has 0 amide bonds. The van der Waals surface area contributed by atoms with E-state index >= 15 is 0 Å². The van der Waals surface area contributed by atoms with E-state index < -0.39 is 0 Å². The summed E-state index contributed by atoms with van der Waals surface area (Å²) in [4.78, 5) is 3.96. The standard InChI is InChI=1S/C15H17BrN2S/c16-15-14(17)12-7-9-18(10-13(12)19-15)8-6-11-4-2-1-3-5-11/h1-5H,6-10,17H2. The van der Waals surface area contributed by atoms with Crippen molar-refractivity contribution in [2.24, 2.45) is 0 Å². The predicted octanol–water partition coefficient (Wildman–Crippen LogP) is 3.69. The first-order valence-corrected chi connectivity index (χ1v) is 8.17. The minimum Gasteiger partial charge on any atom is -0.397 e. The molecule has 0 unspecified atom stereocenters. The van der Waals surface area contributed by atoms with Gasteiger partial charge in [0.15, 0.2) is 0 Å². The number of rotatable bonds is 3. The third-order valence-corrected chi connectivity index (χ3v) is 5.62. The van der Waals surface area contributed by atoms with Crippen molar-refractivity contribution in [2.75, 3.05) is 18.8 Å². The van der Waals surface area contributed by atoms with Crippen LogP contribution in [-0.2, 0) is 19.4 Å². The van der Waals surface area contributed by atoms with Gasteiger partial charge in [0.2, 0.25) is 0 Å². The minimum absolute atomic E-state index is 0.961. The zero-order valence-electron chi connectivity index (χ0n) is 10.7. The number of fused-ring (bicyclic) bond motifs is 1. The zero-order chi connectivity index (χ0) is 13.2. The van der Waals surface area contributed by atoms with Crippen molar-refractivity contribution in [3.8, 4) is 0 Å². The molecule has 0 bridgehead atoms. The monoisotopic (exact) mass is 336 g/mol. The van der Waals surface area contributed by atoms with Crippen LogP contribution in [0, 0.1) is 0 Å². The molecule has 2 aromatic rings. The summed E-state index contributed by atoms with van der Waals surface area (Å²) in [7, 11) is 0. The number of nitrogen functional groups attached to an aromatic ring is 1. The maximum atomic E-state index is 6.08. The lowest BCUT2D eigenvalue weighted by molar-refractivity contribution is 0.261. The second kappa shape index (κ2) is 5.65. The maximum absolute atomic E-state index is 6.08. The zero-order valence-corrected chi connectivity index (χ0v) is 13.1. The molecule has 0 fully saturated rings. The quantitative estimate of drug-likeness (QED) is 0.925. The highest BCUT2D eigenvalue weighted by Gasteiger charge is 2.21. The molecule has 0 spiro atoms. The molecular formula is C15H17BrN2S. The average Bonchev–Trinajstić information content (AvgIpc) is 2.73. The normalized spacial score (nSPS) is 15.4. The van der Waals surface area contributed by atoms with Crippen molar-refractivity contribution in [3.63, 3.8) is 0 Å². The lowest BCUT2D eigenvalue weighted by atomic mass is 10.1. The van der Waals surface area contributed by atoms with Crippen LogP contribution in [0.25, 0.3) is 0 Å². The van der Waals surface area contributed by atoms with Gasteiger partial charge in [-0.05, 0) is 39.9 Å². The van der Waals surface area contributed by atoms with Gasteiger partial charge < -0.3 is 5.73 Å². The largest absolute Gasteiger partial charge is 0.397 e. The summed E-state index contributed by atoms with van der Waals surface area (Å²) >= 11 is 5.34. The molecule has 19 heavy (non-hydrogen) atoms. The van der Waals surface area contributed by atoms with Crippen molar-refractivity contribution in [1.82, 2.24) is 4.90 Å². The van der Waals surface area contributed by atoms with Gasteiger partial charge in [0, 0.05) is 24.5 Å². The summed E-state index contributed by atoms with van der Waals surface area (Å²) in [5.41, 5.74) is 9.82. The molecule has 0 radical (unpaired) electrons. The molecule has 0 saturated heterocycles. The molecule has 0 atom stereocenters. The van der Waals surface area contributed by atoms with Gasteiger partial charge in [-0.25, -0.2) is 0 Å². The molecule has 2 nitrogen and oxygen atoms in total. The molecule has 2 N–H and O–H groups in total. The second-order valence-electron chi connectivity index (χ2n) is 4.95. The molecule has 1 aromatic heterocycles. The van der Waals surface area contributed by atoms with Crippen molar-refractivity contribution in [2.45, 2.75) is 19.4 Å². The molecule has 0 aliphatic carbocycles. The van der Waals surface area contributed by atoms with E-state index in [1.807, 2.05) is 0 Å². The van der Waals surface area contributed by atoms with Gasteiger partial charge in [0.25, 0.3) is 0 Å². The van der Waals surface area contributed by atoms with Crippen LogP contribution in [0.15, 0.2) is 34.1 Å². The highest BCUT2D eigenvalue weighted by atomic mass is 79.9. The van der Waals surface area contributed by atoms with Crippen LogP contribution in [0.4, 0.5) is 5.69 Å². The molecule has 2 heterocycles. The van der Waals surface area contributed by atoms with Crippen molar-refractivity contribution in [3.05, 3.63) is 50.1 Å². The van der Waals surface area contributed by atoms with Gasteiger partial charge in [-0.2, -0.15) is 0 Å². The molecule has 1 aliphatic rings. The Morgan fingerprint density at radius 3 is 2.84 bits per heavy atom. The number of thiophene rings is 1. The Bertz CT molecular complexity index is 565. The minimum atomic E-state index is 0.961. The van der Waals surface area contributed by atoms with Crippen molar-refractivity contribution in [1.29, 1.82) is 0 Å². The second-order valence-corrected chi connectivity index (χ2v) is 7.38. The molecule has 1 aliphatic heterocycles. The molecular weight excluding hydrogens is 320 g/mol. The van der Waals surface area contributed by atoms with E-state index in [2.05, 4.69) is 51.2 Å². The lowest BCUT2D eigenvalue weighted by Crippen LogP contribution is -2.31. The third-order valence-electron chi connectivity index (χ3n) is 3.69. The number of benzene rings is 1. The topological polar surface area (TPSA) is 29.3 Å². The predicted molar refractivity (Wildman–Crippen MR) is 85.6 cm³/mol. The van der Waals surface area contributed by atoms with Crippen LogP contribution in [0.3, 0.4) is 0 Å². The van der Waals surface area contributed by atoms with Gasteiger partial charge >= 0.3 is 0 Å². The summed E-state index contributed by atoms with van der Waals surface area (Å²) in [6.07, 6.45) is 2.20. The molecule has 100 valence electrons. The highest BCUT2D eigenvalue weighted by Crippen LogP contribution is 2.38. The van der Waals surface area contributed by atoms with Gasteiger partial charge in [-0.3, -0.25) is 4.90 Å². The van der Waals surface area contributed by atoms with Crippen molar-refractivity contribution < 1.29 is 0 Å². The first-order chi connectivity index (χ1) is 9.24. The van der Waals surface area contributed by atoms with Crippen LogP contribution in [0.5, 0.6) is 0 Å². The number of halogens is 1. The summed E-state index contributed by atoms with van der Waals surface area (Å²) in [5, 5.41) is 0. The number of nitrogens with two attached hydrogens (primary N) is 1. The van der Waals surface area contributed by atoms with E-state index in [9.17, 15) is 0 Å². The summed E-state index contributed by atoms with van der Waals surface area (Å²) in [6.45, 7) is 3.29. The lowest BCUT2D eigenvalue weighted by Gasteiger charge is -2.26. The third kappa shape index (κ3) is 2.86. The Kier molecular flexibility index (Phi) is 3.91. The summed E-state index contributed by atoms with van der Waals surface area (Å²) in [6, 6.07) is 10.7. The molecule has 4 heteroatoms. The first kappa shape index (κ1) is 13.2. The number of hydrogen-bond acceptors (Lipinski definition) is 3. The number of hydrogen-bond donors (Lipinski definition) is 1. The Morgan fingerprint density at radius 1 is 1.26 bits per heavy atom. The average molecular weight is 337 g/mol. The molecule has 0 saturated carbocycles. The molecule has 1 aromatic carbocycles. The van der Waals surface area contributed by atoms with Crippen LogP contribution >= 0.6 is 27.3 Å². The summed E-state index contributed by atoms with van der Waals surface area (Å²) < 4.78 is 1.10. The Morgan fingerprint density at radius 2 is 2.05 bits per heavy atom. The number of nitrogens with zero attached hydrogens (tertiary/aromatic N) is 1. The SMILES string of the molecule is Nc1c(Br)sc2c1CCN(CCc1ccccc1)C2. The fourth-order valence-electron chi connectivity index (χ4n) is 2.57. The van der Waals surface area contributed by atoms with E-state index in [-0.39, 0.29) is 0 Å². The van der Waals surface area contributed by atoms with E-state index in [1.165, 1.54) is 16.0 Å². The van der Waals surface area contributed by atoms with E-state index in [0.29, 0.717) is 0 Å². The van der Waals surface area contributed by atoms with Crippen LogP contribution in [0.1, 0.15) is 16.0 Å².